The second-order valence-electron chi connectivity index (χ2n) is 9.39. The third-order valence-corrected chi connectivity index (χ3v) is 7.14. The lowest BCUT2D eigenvalue weighted by atomic mass is 10.0. The lowest BCUT2D eigenvalue weighted by Crippen LogP contribution is -2.59. The van der Waals surface area contributed by atoms with Crippen molar-refractivity contribution in [3.8, 4) is 11.1 Å². The molecule has 0 bridgehead atoms. The van der Waals surface area contributed by atoms with Crippen LogP contribution in [0.5, 0.6) is 0 Å². The molecule has 3 aromatic rings. The second-order valence-corrected chi connectivity index (χ2v) is 9.39. The fourth-order valence-electron chi connectivity index (χ4n) is 4.86. The molecule has 0 aromatic heterocycles. The summed E-state index contributed by atoms with van der Waals surface area (Å²) in [6, 6.07) is 25.7. The lowest BCUT2D eigenvalue weighted by Gasteiger charge is -2.40. The average Bonchev–Trinajstić information content (AvgIpc) is 3.70. The number of nitrogens with zero attached hydrogens (tertiary/aromatic N) is 2. The molecule has 3 aromatic carbocycles. The van der Waals surface area contributed by atoms with Crippen molar-refractivity contribution in [2.45, 2.75) is 45.3 Å². The molecule has 4 nitrogen and oxygen atoms in total. The van der Waals surface area contributed by atoms with E-state index in [9.17, 15) is 4.79 Å². The van der Waals surface area contributed by atoms with Crippen molar-refractivity contribution in [2.75, 3.05) is 24.5 Å². The number of piperazine rings is 1. The first-order valence-electron chi connectivity index (χ1n) is 12.1. The Morgan fingerprint density at radius 2 is 1.73 bits per heavy atom. The summed E-state index contributed by atoms with van der Waals surface area (Å²) < 4.78 is 0. The van der Waals surface area contributed by atoms with Gasteiger partial charge in [-0.15, -0.1) is 0 Å². The van der Waals surface area contributed by atoms with Gasteiger partial charge in [0.05, 0.1) is 0 Å². The number of hydrogen-bond donors (Lipinski definition) is 1. The molecule has 1 aliphatic heterocycles. The van der Waals surface area contributed by atoms with Gasteiger partial charge in [-0.3, -0.25) is 4.79 Å². The monoisotopic (exact) mass is 439 g/mol. The van der Waals surface area contributed by atoms with Crippen molar-refractivity contribution in [1.29, 1.82) is 0 Å². The maximum absolute atomic E-state index is 14.0. The number of amides is 1. The molecule has 170 valence electrons. The summed E-state index contributed by atoms with van der Waals surface area (Å²) in [6.07, 6.45) is 2.22. The maximum atomic E-state index is 14.0. The Morgan fingerprint density at radius 3 is 2.52 bits per heavy atom. The number of anilines is 1. The summed E-state index contributed by atoms with van der Waals surface area (Å²) in [6.45, 7) is 7.42. The number of aryl methyl sites for hydroxylation is 1. The fourth-order valence-corrected chi connectivity index (χ4v) is 4.86. The molecule has 4 heteroatoms. The van der Waals surface area contributed by atoms with E-state index in [0.29, 0.717) is 19.1 Å². The van der Waals surface area contributed by atoms with Crippen molar-refractivity contribution >= 4 is 11.6 Å². The second kappa shape index (κ2) is 9.40. The van der Waals surface area contributed by atoms with E-state index in [1.54, 1.807) is 0 Å². The Hall–Kier alpha value is -3.11. The fraction of sp³-hybridized carbons (Fsp3) is 0.345. The Bertz CT molecular complexity index is 1120. The standard InChI is InChI=1S/C29H33N3O/c1-21-8-6-12-25(22(21)2)20-32(26-14-15-26)29(33)28-19-30-16-17-31(28)27-13-7-11-24(18-27)23-9-4-3-5-10-23/h3-13,18,26,28,30H,14-17,19-20H2,1-2H3. The molecule has 1 N–H and O–H groups in total. The van der Waals surface area contributed by atoms with E-state index in [2.05, 4.69) is 95.7 Å². The van der Waals surface area contributed by atoms with Crippen molar-refractivity contribution in [3.05, 3.63) is 89.5 Å². The number of carbonyl (C=O) groups is 1. The molecule has 2 aliphatic rings. The molecule has 1 aliphatic carbocycles. The first kappa shape index (κ1) is 21.7. The van der Waals surface area contributed by atoms with Crippen LogP contribution in [0, 0.1) is 13.8 Å². The van der Waals surface area contributed by atoms with Gasteiger partial charge in [0.2, 0.25) is 5.91 Å². The highest BCUT2D eigenvalue weighted by Crippen LogP contribution is 2.32. The summed E-state index contributed by atoms with van der Waals surface area (Å²) in [5, 5.41) is 3.47. The lowest BCUT2D eigenvalue weighted by molar-refractivity contribution is -0.134. The minimum absolute atomic E-state index is 0.185. The number of hydrogen-bond acceptors (Lipinski definition) is 3. The van der Waals surface area contributed by atoms with E-state index in [1.165, 1.54) is 27.8 Å². The van der Waals surface area contributed by atoms with Crippen LogP contribution in [0.25, 0.3) is 11.1 Å². The predicted molar refractivity (Wildman–Crippen MR) is 135 cm³/mol. The molecule has 1 saturated carbocycles. The van der Waals surface area contributed by atoms with Crippen LogP contribution in [-0.4, -0.2) is 42.5 Å². The first-order valence-corrected chi connectivity index (χ1v) is 12.1. The van der Waals surface area contributed by atoms with E-state index in [-0.39, 0.29) is 11.9 Å². The van der Waals surface area contributed by atoms with Gasteiger partial charge in [0.1, 0.15) is 6.04 Å². The van der Waals surface area contributed by atoms with E-state index in [0.717, 1.165) is 31.6 Å². The minimum Gasteiger partial charge on any atom is -0.357 e. The van der Waals surface area contributed by atoms with Gasteiger partial charge in [-0.2, -0.15) is 0 Å². The zero-order valence-electron chi connectivity index (χ0n) is 19.6. The Kier molecular flexibility index (Phi) is 6.19. The van der Waals surface area contributed by atoms with Gasteiger partial charge in [0.15, 0.2) is 0 Å². The van der Waals surface area contributed by atoms with Crippen LogP contribution in [0.1, 0.15) is 29.5 Å². The van der Waals surface area contributed by atoms with E-state index in [4.69, 9.17) is 0 Å². The van der Waals surface area contributed by atoms with Gasteiger partial charge >= 0.3 is 0 Å². The molecule has 1 amide bonds. The summed E-state index contributed by atoms with van der Waals surface area (Å²) >= 11 is 0. The van der Waals surface area contributed by atoms with Crippen LogP contribution in [0.3, 0.4) is 0 Å². The molecular weight excluding hydrogens is 406 g/mol. The molecule has 1 heterocycles. The Morgan fingerprint density at radius 1 is 0.970 bits per heavy atom. The van der Waals surface area contributed by atoms with Gasteiger partial charge in [0.25, 0.3) is 0 Å². The highest BCUT2D eigenvalue weighted by Gasteiger charge is 2.39. The van der Waals surface area contributed by atoms with E-state index >= 15 is 0 Å². The van der Waals surface area contributed by atoms with Gasteiger partial charge in [-0.05, 0) is 66.6 Å². The zero-order valence-corrected chi connectivity index (χ0v) is 19.6. The summed E-state index contributed by atoms with van der Waals surface area (Å²) in [7, 11) is 0. The SMILES string of the molecule is Cc1cccc(CN(C(=O)C2CNCCN2c2cccc(-c3ccccc3)c2)C2CC2)c1C. The third kappa shape index (κ3) is 4.67. The Labute approximate surface area is 197 Å². The number of benzene rings is 3. The molecule has 0 spiro atoms. The molecule has 2 fully saturated rings. The molecule has 1 atom stereocenters. The molecule has 33 heavy (non-hydrogen) atoms. The topological polar surface area (TPSA) is 35.6 Å². The quantitative estimate of drug-likeness (QED) is 0.591. The number of nitrogens with one attached hydrogen (secondary N) is 1. The van der Waals surface area contributed by atoms with Gasteiger partial charge in [0, 0.05) is 37.9 Å². The minimum atomic E-state index is -0.185. The maximum Gasteiger partial charge on any atom is 0.247 e. The summed E-state index contributed by atoms with van der Waals surface area (Å²) in [5.41, 5.74) is 7.36. The van der Waals surface area contributed by atoms with Crippen molar-refractivity contribution < 1.29 is 4.79 Å². The van der Waals surface area contributed by atoms with Crippen LogP contribution < -0.4 is 10.2 Å². The molecule has 1 unspecified atom stereocenters. The molecular formula is C29H33N3O. The van der Waals surface area contributed by atoms with E-state index in [1.807, 2.05) is 6.07 Å². The summed E-state index contributed by atoms with van der Waals surface area (Å²) in [5.74, 6) is 0.246. The number of rotatable bonds is 6. The van der Waals surface area contributed by atoms with Crippen LogP contribution in [-0.2, 0) is 11.3 Å². The van der Waals surface area contributed by atoms with Gasteiger partial charge in [-0.25, -0.2) is 0 Å². The third-order valence-electron chi connectivity index (χ3n) is 7.14. The summed E-state index contributed by atoms with van der Waals surface area (Å²) in [4.78, 5) is 18.4. The van der Waals surface area contributed by atoms with Crippen molar-refractivity contribution in [1.82, 2.24) is 10.2 Å². The average molecular weight is 440 g/mol. The highest BCUT2D eigenvalue weighted by atomic mass is 16.2. The van der Waals surface area contributed by atoms with Crippen molar-refractivity contribution in [3.63, 3.8) is 0 Å². The first-order chi connectivity index (χ1) is 16.1. The van der Waals surface area contributed by atoms with Crippen LogP contribution >= 0.6 is 0 Å². The highest BCUT2D eigenvalue weighted by molar-refractivity contribution is 5.87. The predicted octanol–water partition coefficient (Wildman–Crippen LogP) is 4.94. The smallest absolute Gasteiger partial charge is 0.247 e. The zero-order chi connectivity index (χ0) is 22.8. The molecule has 0 radical (unpaired) electrons. The van der Waals surface area contributed by atoms with Crippen LogP contribution in [0.2, 0.25) is 0 Å². The normalized spacial score (nSPS) is 18.2. The molecule has 5 rings (SSSR count). The Balaban J connectivity index is 1.42. The largest absolute Gasteiger partial charge is 0.357 e. The molecule has 1 saturated heterocycles. The van der Waals surface area contributed by atoms with Crippen LogP contribution in [0.4, 0.5) is 5.69 Å². The van der Waals surface area contributed by atoms with E-state index < -0.39 is 0 Å². The van der Waals surface area contributed by atoms with Crippen LogP contribution in [0.15, 0.2) is 72.8 Å². The van der Waals surface area contributed by atoms with Gasteiger partial charge < -0.3 is 15.1 Å². The number of carbonyl (C=O) groups excluding carboxylic acids is 1. The van der Waals surface area contributed by atoms with Gasteiger partial charge in [-0.1, -0.05) is 60.7 Å². The van der Waals surface area contributed by atoms with Crippen molar-refractivity contribution in [2.24, 2.45) is 0 Å².